The Morgan fingerprint density at radius 1 is 0.615 bits per heavy atom. The van der Waals surface area contributed by atoms with Crippen LogP contribution in [-0.2, 0) is 19.1 Å². The van der Waals surface area contributed by atoms with Gasteiger partial charge in [-0.1, -0.05) is 65.2 Å². The molecule has 0 heterocycles. The fourth-order valence-corrected chi connectivity index (χ4v) is 2.90. The minimum atomic E-state index is -0.117. The summed E-state index contributed by atoms with van der Waals surface area (Å²) in [5.74, 6) is -0.212. The molecule has 2 atom stereocenters. The fourth-order valence-electron chi connectivity index (χ4n) is 2.90. The molecule has 0 saturated carbocycles. The molecule has 0 aliphatic carbocycles. The van der Waals surface area contributed by atoms with Crippen molar-refractivity contribution < 1.29 is 19.1 Å². The molecule has 0 aliphatic heterocycles. The number of unbranched alkanes of at least 4 members (excludes halogenated alkanes) is 8. The van der Waals surface area contributed by atoms with Gasteiger partial charge in [0.1, 0.15) is 0 Å². The second kappa shape index (κ2) is 17.4. The summed E-state index contributed by atoms with van der Waals surface area (Å²) in [7, 11) is 0. The summed E-state index contributed by atoms with van der Waals surface area (Å²) in [6.45, 7) is 8.19. The largest absolute Gasteiger partial charge is 0.463 e. The predicted molar refractivity (Wildman–Crippen MR) is 107 cm³/mol. The molecule has 4 heteroatoms. The number of ether oxygens (including phenoxy) is 2. The zero-order valence-electron chi connectivity index (χ0n) is 17.7. The monoisotopic (exact) mass is 370 g/mol. The Kier molecular flexibility index (Phi) is 16.7. The van der Waals surface area contributed by atoms with Crippen LogP contribution in [0, 0.1) is 0 Å². The van der Waals surface area contributed by atoms with E-state index in [-0.39, 0.29) is 24.1 Å². The number of esters is 2. The van der Waals surface area contributed by atoms with Gasteiger partial charge < -0.3 is 9.47 Å². The topological polar surface area (TPSA) is 52.6 Å². The van der Waals surface area contributed by atoms with E-state index >= 15 is 0 Å². The lowest BCUT2D eigenvalue weighted by molar-refractivity contribution is -0.152. The Labute approximate surface area is 161 Å². The average molecular weight is 371 g/mol. The SMILES string of the molecule is CCCCCCCC(=O)O[C@H](C)CC[C@@H](C)OC(=O)CCCCCCC. The Hall–Kier alpha value is -1.06. The van der Waals surface area contributed by atoms with Crippen LogP contribution >= 0.6 is 0 Å². The molecule has 26 heavy (non-hydrogen) atoms. The van der Waals surface area contributed by atoms with Crippen molar-refractivity contribution in [2.75, 3.05) is 0 Å². The zero-order valence-corrected chi connectivity index (χ0v) is 17.7. The number of hydrogen-bond donors (Lipinski definition) is 0. The quantitative estimate of drug-likeness (QED) is 0.221. The first-order valence-electron chi connectivity index (χ1n) is 10.9. The van der Waals surface area contributed by atoms with Crippen molar-refractivity contribution in [1.29, 1.82) is 0 Å². The Bertz CT molecular complexity index is 320. The van der Waals surface area contributed by atoms with E-state index in [2.05, 4.69) is 13.8 Å². The van der Waals surface area contributed by atoms with Crippen molar-refractivity contribution in [2.45, 2.75) is 130 Å². The molecule has 0 N–H and O–H groups in total. The molecule has 0 fully saturated rings. The maximum Gasteiger partial charge on any atom is 0.306 e. The molecule has 154 valence electrons. The molecule has 4 nitrogen and oxygen atoms in total. The van der Waals surface area contributed by atoms with E-state index in [0.29, 0.717) is 12.8 Å². The van der Waals surface area contributed by atoms with Crippen LogP contribution < -0.4 is 0 Å². The Morgan fingerprint density at radius 2 is 0.962 bits per heavy atom. The number of carbonyl (C=O) groups is 2. The third-order valence-corrected chi connectivity index (χ3v) is 4.61. The maximum absolute atomic E-state index is 11.8. The summed E-state index contributed by atoms with van der Waals surface area (Å²) >= 11 is 0. The van der Waals surface area contributed by atoms with Gasteiger partial charge in [-0.15, -0.1) is 0 Å². The van der Waals surface area contributed by atoms with Crippen molar-refractivity contribution in [1.82, 2.24) is 0 Å². The summed E-state index contributed by atoms with van der Waals surface area (Å²) in [6.07, 6.45) is 13.6. The summed E-state index contributed by atoms with van der Waals surface area (Å²) in [5, 5.41) is 0. The van der Waals surface area contributed by atoms with E-state index in [1.54, 1.807) is 0 Å². The highest BCUT2D eigenvalue weighted by Crippen LogP contribution is 2.12. The molecule has 0 aromatic heterocycles. The van der Waals surface area contributed by atoms with Gasteiger partial charge in [0.2, 0.25) is 0 Å². The van der Waals surface area contributed by atoms with Crippen LogP contribution in [0.5, 0.6) is 0 Å². The first-order valence-corrected chi connectivity index (χ1v) is 10.9. The Balaban J connectivity index is 3.68. The van der Waals surface area contributed by atoms with E-state index < -0.39 is 0 Å². The molecular formula is C22H42O4. The van der Waals surface area contributed by atoms with Gasteiger partial charge in [-0.05, 0) is 39.5 Å². The lowest BCUT2D eigenvalue weighted by Crippen LogP contribution is -2.19. The smallest absolute Gasteiger partial charge is 0.306 e. The van der Waals surface area contributed by atoms with Crippen molar-refractivity contribution in [3.63, 3.8) is 0 Å². The summed E-state index contributed by atoms with van der Waals surface area (Å²) in [4.78, 5) is 23.6. The second-order valence-corrected chi connectivity index (χ2v) is 7.51. The molecule has 0 aromatic carbocycles. The highest BCUT2D eigenvalue weighted by Gasteiger charge is 2.14. The molecule has 0 saturated heterocycles. The van der Waals surface area contributed by atoms with Crippen molar-refractivity contribution in [3.05, 3.63) is 0 Å². The van der Waals surface area contributed by atoms with Crippen molar-refractivity contribution >= 4 is 11.9 Å². The summed E-state index contributed by atoms with van der Waals surface area (Å²) in [6, 6.07) is 0. The van der Waals surface area contributed by atoms with Crippen LogP contribution in [0.3, 0.4) is 0 Å². The lowest BCUT2D eigenvalue weighted by Gasteiger charge is -2.17. The molecule has 0 amide bonds. The second-order valence-electron chi connectivity index (χ2n) is 7.51. The van der Waals surface area contributed by atoms with Gasteiger partial charge in [-0.2, -0.15) is 0 Å². The van der Waals surface area contributed by atoms with Gasteiger partial charge >= 0.3 is 11.9 Å². The lowest BCUT2D eigenvalue weighted by atomic mass is 10.1. The van der Waals surface area contributed by atoms with Crippen LogP contribution in [0.2, 0.25) is 0 Å². The minimum absolute atomic E-state index is 0.106. The number of rotatable bonds is 17. The molecule has 0 rings (SSSR count). The van der Waals surface area contributed by atoms with Crippen molar-refractivity contribution in [2.24, 2.45) is 0 Å². The first-order chi connectivity index (χ1) is 12.5. The number of hydrogen-bond acceptors (Lipinski definition) is 4. The fraction of sp³-hybridized carbons (Fsp3) is 0.909. The zero-order chi connectivity index (χ0) is 19.6. The normalized spacial score (nSPS) is 13.2. The third-order valence-electron chi connectivity index (χ3n) is 4.61. The van der Waals surface area contributed by atoms with Crippen LogP contribution in [0.4, 0.5) is 0 Å². The highest BCUT2D eigenvalue weighted by atomic mass is 16.5. The average Bonchev–Trinajstić information content (AvgIpc) is 2.59. The van der Waals surface area contributed by atoms with Crippen molar-refractivity contribution in [3.8, 4) is 0 Å². The van der Waals surface area contributed by atoms with Gasteiger partial charge in [0.25, 0.3) is 0 Å². The van der Waals surface area contributed by atoms with Crippen LogP contribution in [0.15, 0.2) is 0 Å². The van der Waals surface area contributed by atoms with Crippen LogP contribution in [0.1, 0.15) is 118 Å². The van der Waals surface area contributed by atoms with Gasteiger partial charge in [0.05, 0.1) is 12.2 Å². The molecule has 0 radical (unpaired) electrons. The molecule has 0 aromatic rings. The minimum Gasteiger partial charge on any atom is -0.463 e. The van der Waals surface area contributed by atoms with Gasteiger partial charge in [-0.3, -0.25) is 9.59 Å². The van der Waals surface area contributed by atoms with Gasteiger partial charge in [0, 0.05) is 12.8 Å². The summed E-state index contributed by atoms with van der Waals surface area (Å²) in [5.41, 5.74) is 0. The van der Waals surface area contributed by atoms with E-state index in [9.17, 15) is 9.59 Å². The van der Waals surface area contributed by atoms with E-state index in [4.69, 9.17) is 9.47 Å². The Morgan fingerprint density at radius 3 is 1.31 bits per heavy atom. The summed E-state index contributed by atoms with van der Waals surface area (Å²) < 4.78 is 10.9. The van der Waals surface area contributed by atoms with Crippen LogP contribution in [-0.4, -0.2) is 24.1 Å². The molecule has 0 spiro atoms. The molecule has 0 bridgehead atoms. The molecule has 0 aliphatic rings. The van der Waals surface area contributed by atoms with E-state index in [1.807, 2.05) is 13.8 Å². The van der Waals surface area contributed by atoms with E-state index in [1.165, 1.54) is 38.5 Å². The standard InChI is InChI=1S/C22H42O4/c1-5-7-9-11-13-15-21(23)25-19(3)17-18-20(4)26-22(24)16-14-12-10-8-6-2/h19-20H,5-18H2,1-4H3/t19-,20-/m1/s1. The first kappa shape index (κ1) is 24.9. The molecular weight excluding hydrogens is 328 g/mol. The molecule has 0 unspecified atom stereocenters. The number of carbonyl (C=O) groups excluding carboxylic acids is 2. The van der Waals surface area contributed by atoms with Gasteiger partial charge in [0.15, 0.2) is 0 Å². The van der Waals surface area contributed by atoms with E-state index in [0.717, 1.165) is 38.5 Å². The van der Waals surface area contributed by atoms with Gasteiger partial charge in [-0.25, -0.2) is 0 Å². The maximum atomic E-state index is 11.8. The predicted octanol–water partition coefficient (Wildman–Crippen LogP) is 6.35. The third kappa shape index (κ3) is 16.4. The highest BCUT2D eigenvalue weighted by molar-refractivity contribution is 5.69. The van der Waals surface area contributed by atoms with Crippen LogP contribution in [0.25, 0.3) is 0 Å².